The van der Waals surface area contributed by atoms with Crippen molar-refractivity contribution in [2.45, 2.75) is 19.8 Å². The summed E-state index contributed by atoms with van der Waals surface area (Å²) in [7, 11) is 1.57. The van der Waals surface area contributed by atoms with Crippen molar-refractivity contribution >= 4 is 22.6 Å². The summed E-state index contributed by atoms with van der Waals surface area (Å²) < 4.78 is 6.38. The largest absolute Gasteiger partial charge is 0.383 e. The van der Waals surface area contributed by atoms with Gasteiger partial charge in [0.2, 0.25) is 0 Å². The van der Waals surface area contributed by atoms with Gasteiger partial charge in [-0.15, -0.1) is 0 Å². The Morgan fingerprint density at radius 2 is 2.21 bits per heavy atom. The highest BCUT2D eigenvalue weighted by molar-refractivity contribution is 5.97. The number of H-pyrrole nitrogens is 1. The predicted octanol–water partition coefficient (Wildman–Crippen LogP) is 1.07. The standard InChI is InChI=1S/C16H19N5O3/c1-9(2)13-14-19-20-16(23)21(14)12-8-10(4-5-11(12)18-13)15(22)17-6-7-24-3/h4-5,8-9H,6-7H2,1-3H3,(H,17,22)(H,20,23). The zero-order chi connectivity index (χ0) is 17.3. The average molecular weight is 329 g/mol. The molecule has 8 nitrogen and oxygen atoms in total. The molecule has 1 aromatic carbocycles. The Balaban J connectivity index is 2.14. The summed E-state index contributed by atoms with van der Waals surface area (Å²) in [5, 5.41) is 9.28. The van der Waals surface area contributed by atoms with Crippen LogP contribution in [0.4, 0.5) is 0 Å². The molecule has 0 radical (unpaired) electrons. The van der Waals surface area contributed by atoms with Crippen LogP contribution in [0.5, 0.6) is 0 Å². The van der Waals surface area contributed by atoms with Gasteiger partial charge in [-0.05, 0) is 24.1 Å². The van der Waals surface area contributed by atoms with Gasteiger partial charge in [0, 0.05) is 19.2 Å². The Morgan fingerprint density at radius 1 is 1.42 bits per heavy atom. The van der Waals surface area contributed by atoms with Gasteiger partial charge in [-0.1, -0.05) is 13.8 Å². The van der Waals surface area contributed by atoms with E-state index >= 15 is 0 Å². The lowest BCUT2D eigenvalue weighted by Gasteiger charge is -2.10. The van der Waals surface area contributed by atoms with E-state index in [4.69, 9.17) is 4.74 Å². The average Bonchev–Trinajstić information content (AvgIpc) is 2.96. The van der Waals surface area contributed by atoms with E-state index in [0.29, 0.717) is 35.4 Å². The van der Waals surface area contributed by atoms with Crippen LogP contribution in [0.2, 0.25) is 0 Å². The number of rotatable bonds is 5. The molecular weight excluding hydrogens is 310 g/mol. The molecule has 0 unspecified atom stereocenters. The minimum atomic E-state index is -0.351. The topological polar surface area (TPSA) is 101 Å². The number of fused-ring (bicyclic) bond motifs is 3. The second-order valence-electron chi connectivity index (χ2n) is 5.79. The highest BCUT2D eigenvalue weighted by atomic mass is 16.5. The first-order valence-electron chi connectivity index (χ1n) is 7.71. The fourth-order valence-electron chi connectivity index (χ4n) is 2.57. The minimum absolute atomic E-state index is 0.115. The van der Waals surface area contributed by atoms with Crippen LogP contribution in [0.1, 0.15) is 35.8 Å². The molecule has 126 valence electrons. The number of methoxy groups -OCH3 is 1. The number of ether oxygens (including phenoxy) is 1. The van der Waals surface area contributed by atoms with E-state index in [1.54, 1.807) is 25.3 Å². The molecule has 0 aliphatic rings. The minimum Gasteiger partial charge on any atom is -0.383 e. The van der Waals surface area contributed by atoms with E-state index in [1.807, 2.05) is 13.8 Å². The lowest BCUT2D eigenvalue weighted by atomic mass is 10.1. The number of benzene rings is 1. The Hall–Kier alpha value is -2.74. The van der Waals surface area contributed by atoms with Crippen LogP contribution in [-0.4, -0.2) is 45.8 Å². The third-order valence-corrected chi connectivity index (χ3v) is 3.76. The van der Waals surface area contributed by atoms with Crippen molar-refractivity contribution in [3.63, 3.8) is 0 Å². The molecule has 0 saturated carbocycles. The molecule has 1 amide bonds. The molecule has 3 aromatic rings. The Labute approximate surface area is 137 Å². The van der Waals surface area contributed by atoms with Crippen molar-refractivity contribution < 1.29 is 9.53 Å². The van der Waals surface area contributed by atoms with Crippen molar-refractivity contribution in [2.24, 2.45) is 0 Å². The third-order valence-electron chi connectivity index (χ3n) is 3.76. The summed E-state index contributed by atoms with van der Waals surface area (Å²) in [6.07, 6.45) is 0. The van der Waals surface area contributed by atoms with E-state index in [0.717, 1.165) is 5.69 Å². The van der Waals surface area contributed by atoms with Gasteiger partial charge in [-0.25, -0.2) is 19.3 Å². The van der Waals surface area contributed by atoms with Gasteiger partial charge in [0.15, 0.2) is 5.65 Å². The van der Waals surface area contributed by atoms with Gasteiger partial charge in [0.05, 0.1) is 23.3 Å². The summed E-state index contributed by atoms with van der Waals surface area (Å²) in [6.45, 7) is 4.83. The first kappa shape index (κ1) is 16.1. The Bertz CT molecular complexity index is 957. The van der Waals surface area contributed by atoms with Crippen molar-refractivity contribution in [1.29, 1.82) is 0 Å². The van der Waals surface area contributed by atoms with Gasteiger partial charge >= 0.3 is 5.69 Å². The van der Waals surface area contributed by atoms with Gasteiger partial charge in [0.1, 0.15) is 0 Å². The van der Waals surface area contributed by atoms with Crippen LogP contribution in [-0.2, 0) is 4.74 Å². The van der Waals surface area contributed by atoms with Gasteiger partial charge in [-0.3, -0.25) is 4.79 Å². The molecule has 2 N–H and O–H groups in total. The molecule has 8 heteroatoms. The number of nitrogens with zero attached hydrogens (tertiary/aromatic N) is 3. The van der Waals surface area contributed by atoms with Crippen molar-refractivity contribution in [1.82, 2.24) is 24.9 Å². The van der Waals surface area contributed by atoms with E-state index in [1.165, 1.54) is 4.40 Å². The molecule has 0 aliphatic carbocycles. The number of hydrogen-bond acceptors (Lipinski definition) is 5. The zero-order valence-electron chi connectivity index (χ0n) is 13.8. The van der Waals surface area contributed by atoms with Gasteiger partial charge in [-0.2, -0.15) is 5.10 Å². The van der Waals surface area contributed by atoms with Crippen LogP contribution in [0.15, 0.2) is 23.0 Å². The number of carbonyl (C=O) groups excluding carboxylic acids is 1. The molecule has 2 heterocycles. The summed E-state index contributed by atoms with van der Waals surface area (Å²) in [5.74, 6) is -0.115. The molecule has 0 bridgehead atoms. The molecule has 0 atom stereocenters. The highest BCUT2D eigenvalue weighted by Crippen LogP contribution is 2.21. The summed E-state index contributed by atoms with van der Waals surface area (Å²) in [5.41, 5.74) is 2.51. The first-order chi connectivity index (χ1) is 11.5. The second-order valence-corrected chi connectivity index (χ2v) is 5.79. The van der Waals surface area contributed by atoms with E-state index in [9.17, 15) is 9.59 Å². The van der Waals surface area contributed by atoms with E-state index in [2.05, 4.69) is 20.5 Å². The maximum absolute atomic E-state index is 12.2. The summed E-state index contributed by atoms with van der Waals surface area (Å²) >= 11 is 0. The smallest absolute Gasteiger partial charge is 0.348 e. The fraction of sp³-hybridized carbons (Fsp3) is 0.375. The molecule has 2 aromatic heterocycles. The highest BCUT2D eigenvalue weighted by Gasteiger charge is 2.16. The predicted molar refractivity (Wildman–Crippen MR) is 89.4 cm³/mol. The molecule has 0 aliphatic heterocycles. The lowest BCUT2D eigenvalue weighted by molar-refractivity contribution is 0.0937. The van der Waals surface area contributed by atoms with Crippen molar-refractivity contribution in [2.75, 3.05) is 20.3 Å². The maximum Gasteiger partial charge on any atom is 0.348 e. The monoisotopic (exact) mass is 329 g/mol. The quantitative estimate of drug-likeness (QED) is 0.682. The zero-order valence-corrected chi connectivity index (χ0v) is 13.8. The summed E-state index contributed by atoms with van der Waals surface area (Å²) in [4.78, 5) is 29.0. The fourth-order valence-corrected chi connectivity index (χ4v) is 2.57. The van der Waals surface area contributed by atoms with Crippen LogP contribution < -0.4 is 11.0 Å². The normalized spacial score (nSPS) is 11.5. The number of carbonyl (C=O) groups is 1. The van der Waals surface area contributed by atoms with Gasteiger partial charge in [0.25, 0.3) is 5.91 Å². The maximum atomic E-state index is 12.2. The molecule has 0 saturated heterocycles. The van der Waals surface area contributed by atoms with Gasteiger partial charge < -0.3 is 10.1 Å². The molecule has 0 spiro atoms. The van der Waals surface area contributed by atoms with Crippen LogP contribution in [0, 0.1) is 0 Å². The number of nitrogens with one attached hydrogen (secondary N) is 2. The number of aromatic amines is 1. The van der Waals surface area contributed by atoms with Crippen LogP contribution in [0.25, 0.3) is 16.7 Å². The molecule has 24 heavy (non-hydrogen) atoms. The molecule has 0 fully saturated rings. The van der Waals surface area contributed by atoms with Crippen LogP contribution >= 0.6 is 0 Å². The molecular formula is C16H19N5O3. The van der Waals surface area contributed by atoms with Crippen LogP contribution in [0.3, 0.4) is 0 Å². The SMILES string of the molecule is COCCNC(=O)c1ccc2nc(C(C)C)c3n[nH]c(=O)n3c2c1. The second kappa shape index (κ2) is 6.40. The van der Waals surface area contributed by atoms with E-state index < -0.39 is 0 Å². The number of aromatic nitrogens is 4. The number of hydrogen-bond donors (Lipinski definition) is 2. The number of amides is 1. The van der Waals surface area contributed by atoms with Crippen molar-refractivity contribution in [3.05, 3.63) is 39.9 Å². The lowest BCUT2D eigenvalue weighted by Crippen LogP contribution is -2.27. The Morgan fingerprint density at radius 3 is 2.92 bits per heavy atom. The third kappa shape index (κ3) is 2.76. The first-order valence-corrected chi connectivity index (χ1v) is 7.71. The Kier molecular flexibility index (Phi) is 4.30. The molecule has 3 rings (SSSR count). The van der Waals surface area contributed by atoms with E-state index in [-0.39, 0.29) is 17.5 Å². The van der Waals surface area contributed by atoms with Crippen molar-refractivity contribution in [3.8, 4) is 0 Å². The summed E-state index contributed by atoms with van der Waals surface area (Å²) in [6, 6.07) is 5.09.